The molecule has 0 saturated carbocycles. The number of benzene rings is 1. The van der Waals surface area contributed by atoms with Crippen LogP contribution in [0.25, 0.3) is 0 Å². The molecule has 2 aromatic rings. The number of hydrogen-bond acceptors (Lipinski definition) is 4. The summed E-state index contributed by atoms with van der Waals surface area (Å²) in [6, 6.07) is 9.20. The molecule has 0 saturated heterocycles. The molecular weight excluding hydrogens is 377 g/mol. The second kappa shape index (κ2) is 8.49. The van der Waals surface area contributed by atoms with Crippen molar-refractivity contribution in [3.8, 4) is 5.75 Å². The Balaban J connectivity index is 1.55. The minimum atomic E-state index is -4.44. The quantitative estimate of drug-likeness (QED) is 0.804. The molecule has 1 aliphatic heterocycles. The first-order chi connectivity index (χ1) is 13.3. The van der Waals surface area contributed by atoms with Crippen molar-refractivity contribution in [2.24, 2.45) is 5.92 Å². The molecule has 1 amide bonds. The number of fused-ring (bicyclic) bond motifs is 1. The van der Waals surface area contributed by atoms with Crippen molar-refractivity contribution in [3.05, 3.63) is 46.6 Å². The largest absolute Gasteiger partial charge is 0.492 e. The molecule has 0 fully saturated rings. The van der Waals surface area contributed by atoms with Crippen LogP contribution in [0.1, 0.15) is 18.7 Å². The maximum atomic E-state index is 12.5. The molecule has 0 aliphatic carbocycles. The fourth-order valence-electron chi connectivity index (χ4n) is 3.13. The summed E-state index contributed by atoms with van der Waals surface area (Å²) in [5, 5.41) is 6.21. The Kier molecular flexibility index (Phi) is 6.05. The minimum absolute atomic E-state index is 0.248. The Hall–Kier alpha value is -2.78. The summed E-state index contributed by atoms with van der Waals surface area (Å²) in [6.45, 7) is -0.537. The predicted molar refractivity (Wildman–Crippen MR) is 93.9 cm³/mol. The summed E-state index contributed by atoms with van der Waals surface area (Å²) in [5.41, 5.74) is -0.303. The lowest BCUT2D eigenvalue weighted by atomic mass is 9.99. The SMILES string of the molecule is O=C(NCC(F)(F)F)[C@H]1CCc2nn(CCOc3ccccc3)c(=O)n2CC1. The summed E-state index contributed by atoms with van der Waals surface area (Å²) >= 11 is 0. The van der Waals surface area contributed by atoms with Gasteiger partial charge in [-0.25, -0.2) is 9.48 Å². The molecule has 3 rings (SSSR count). The molecule has 0 bridgehead atoms. The van der Waals surface area contributed by atoms with E-state index in [4.69, 9.17) is 4.74 Å². The van der Waals surface area contributed by atoms with Crippen LogP contribution in [0.4, 0.5) is 13.2 Å². The van der Waals surface area contributed by atoms with Crippen LogP contribution in [0.5, 0.6) is 5.75 Å². The molecule has 1 atom stereocenters. The third kappa shape index (κ3) is 5.14. The van der Waals surface area contributed by atoms with E-state index in [9.17, 15) is 22.8 Å². The number of nitrogens with one attached hydrogen (secondary N) is 1. The smallest absolute Gasteiger partial charge is 0.405 e. The topological polar surface area (TPSA) is 78.2 Å². The lowest BCUT2D eigenvalue weighted by Crippen LogP contribution is -2.38. The highest BCUT2D eigenvalue weighted by Gasteiger charge is 2.31. The van der Waals surface area contributed by atoms with Gasteiger partial charge in [0.1, 0.15) is 24.7 Å². The molecule has 1 aromatic carbocycles. The number of rotatable bonds is 6. The predicted octanol–water partition coefficient (Wildman–Crippen LogP) is 1.75. The number of halogens is 3. The van der Waals surface area contributed by atoms with Gasteiger partial charge in [-0.3, -0.25) is 9.36 Å². The van der Waals surface area contributed by atoms with Gasteiger partial charge in [0.25, 0.3) is 0 Å². The van der Waals surface area contributed by atoms with Crippen LogP contribution in [0, 0.1) is 5.92 Å². The van der Waals surface area contributed by atoms with Gasteiger partial charge in [0.05, 0.1) is 6.54 Å². The van der Waals surface area contributed by atoms with Crippen LogP contribution >= 0.6 is 0 Å². The number of nitrogens with zero attached hydrogens (tertiary/aromatic N) is 3. The Morgan fingerprint density at radius 1 is 1.25 bits per heavy atom. The van der Waals surface area contributed by atoms with E-state index in [1.165, 1.54) is 9.25 Å². The van der Waals surface area contributed by atoms with Gasteiger partial charge in [0.2, 0.25) is 5.91 Å². The van der Waals surface area contributed by atoms with Crippen LogP contribution in [0.15, 0.2) is 35.1 Å². The standard InChI is InChI=1S/C18H21F3N4O3/c19-18(20,21)12-22-16(26)13-6-7-15-23-25(17(27)24(15)9-8-13)10-11-28-14-4-2-1-3-5-14/h1-5,13H,6-12H2,(H,22,26)/t13-/m0/s1. The summed E-state index contributed by atoms with van der Waals surface area (Å²) in [6.07, 6.45) is -3.45. The van der Waals surface area contributed by atoms with Crippen molar-refractivity contribution in [2.45, 2.75) is 38.5 Å². The zero-order valence-corrected chi connectivity index (χ0v) is 15.1. The van der Waals surface area contributed by atoms with Gasteiger partial charge >= 0.3 is 11.9 Å². The molecule has 1 N–H and O–H groups in total. The van der Waals surface area contributed by atoms with E-state index in [0.29, 0.717) is 30.8 Å². The van der Waals surface area contributed by atoms with E-state index < -0.39 is 24.5 Å². The fraction of sp³-hybridized carbons (Fsp3) is 0.500. The van der Waals surface area contributed by atoms with Crippen molar-refractivity contribution in [1.29, 1.82) is 0 Å². The van der Waals surface area contributed by atoms with Crippen molar-refractivity contribution >= 4 is 5.91 Å². The first-order valence-corrected chi connectivity index (χ1v) is 9.02. The number of carbonyl (C=O) groups excluding carboxylic acids is 1. The number of hydrogen-bond donors (Lipinski definition) is 1. The highest BCUT2D eigenvalue weighted by atomic mass is 19.4. The molecule has 1 aliphatic rings. The van der Waals surface area contributed by atoms with Crippen molar-refractivity contribution in [2.75, 3.05) is 13.2 Å². The third-order valence-electron chi connectivity index (χ3n) is 4.57. The Labute approximate surface area is 159 Å². The van der Waals surface area contributed by atoms with E-state index >= 15 is 0 Å². The van der Waals surface area contributed by atoms with Crippen LogP contribution < -0.4 is 15.7 Å². The number of alkyl halides is 3. The molecular formula is C18H21F3N4O3. The average molecular weight is 398 g/mol. The lowest BCUT2D eigenvalue weighted by Gasteiger charge is -2.15. The van der Waals surface area contributed by atoms with Gasteiger partial charge in [-0.05, 0) is 25.0 Å². The molecule has 0 radical (unpaired) electrons. The monoisotopic (exact) mass is 398 g/mol. The Bertz CT molecular complexity index is 861. The highest BCUT2D eigenvalue weighted by molar-refractivity contribution is 5.78. The maximum Gasteiger partial charge on any atom is 0.405 e. The third-order valence-corrected chi connectivity index (χ3v) is 4.57. The van der Waals surface area contributed by atoms with Gasteiger partial charge < -0.3 is 10.1 Å². The summed E-state index contributed by atoms with van der Waals surface area (Å²) in [4.78, 5) is 24.5. The summed E-state index contributed by atoms with van der Waals surface area (Å²) in [7, 11) is 0. The lowest BCUT2D eigenvalue weighted by molar-refractivity contribution is -0.141. The van der Waals surface area contributed by atoms with Gasteiger partial charge in [-0.2, -0.15) is 18.3 Å². The maximum absolute atomic E-state index is 12.5. The first-order valence-electron chi connectivity index (χ1n) is 9.02. The second-order valence-corrected chi connectivity index (χ2v) is 6.59. The normalized spacial score (nSPS) is 16.9. The number of aryl methyl sites for hydroxylation is 1. The number of aromatic nitrogens is 3. The van der Waals surface area contributed by atoms with Crippen LogP contribution in [0.3, 0.4) is 0 Å². The van der Waals surface area contributed by atoms with Gasteiger partial charge in [-0.1, -0.05) is 18.2 Å². The van der Waals surface area contributed by atoms with Crippen LogP contribution in [-0.4, -0.2) is 39.6 Å². The Morgan fingerprint density at radius 3 is 2.71 bits per heavy atom. The van der Waals surface area contributed by atoms with E-state index in [1.54, 1.807) is 0 Å². The van der Waals surface area contributed by atoms with Crippen LogP contribution in [0.2, 0.25) is 0 Å². The van der Waals surface area contributed by atoms with E-state index in [2.05, 4.69) is 5.10 Å². The molecule has 0 unspecified atom stereocenters. The van der Waals surface area contributed by atoms with Crippen molar-refractivity contribution < 1.29 is 22.7 Å². The summed E-state index contributed by atoms with van der Waals surface area (Å²) in [5.74, 6) is 0.0258. The van der Waals surface area contributed by atoms with Crippen LogP contribution in [-0.2, 0) is 24.3 Å². The number of ether oxygens (including phenoxy) is 1. The molecule has 28 heavy (non-hydrogen) atoms. The minimum Gasteiger partial charge on any atom is -0.492 e. The van der Waals surface area contributed by atoms with E-state index in [0.717, 1.165) is 0 Å². The van der Waals surface area contributed by atoms with Gasteiger partial charge in [-0.15, -0.1) is 0 Å². The van der Waals surface area contributed by atoms with Crippen molar-refractivity contribution in [1.82, 2.24) is 19.7 Å². The molecule has 7 nitrogen and oxygen atoms in total. The number of para-hydroxylation sites is 1. The van der Waals surface area contributed by atoms with E-state index in [1.807, 2.05) is 35.6 Å². The summed E-state index contributed by atoms with van der Waals surface area (Å²) < 4.78 is 45.1. The average Bonchev–Trinajstić information content (AvgIpc) is 2.82. The molecule has 1 aromatic heterocycles. The molecule has 2 heterocycles. The zero-order valence-electron chi connectivity index (χ0n) is 15.1. The van der Waals surface area contributed by atoms with E-state index in [-0.39, 0.29) is 25.4 Å². The molecule has 0 spiro atoms. The molecule has 10 heteroatoms. The highest BCUT2D eigenvalue weighted by Crippen LogP contribution is 2.19. The van der Waals surface area contributed by atoms with Gasteiger partial charge in [0, 0.05) is 18.9 Å². The Morgan fingerprint density at radius 2 is 2.00 bits per heavy atom. The zero-order chi connectivity index (χ0) is 20.1. The number of amides is 1. The van der Waals surface area contributed by atoms with Crippen molar-refractivity contribution in [3.63, 3.8) is 0 Å². The number of carbonyl (C=O) groups is 1. The first kappa shape index (κ1) is 20.0. The second-order valence-electron chi connectivity index (χ2n) is 6.59. The fourth-order valence-corrected chi connectivity index (χ4v) is 3.13. The molecule has 152 valence electrons. The van der Waals surface area contributed by atoms with Gasteiger partial charge in [0.15, 0.2) is 0 Å².